The molecule has 0 saturated heterocycles. The van der Waals surface area contributed by atoms with Gasteiger partial charge in [0.25, 0.3) is 0 Å². The van der Waals surface area contributed by atoms with E-state index in [1.807, 2.05) is 0 Å². The van der Waals surface area contributed by atoms with Gasteiger partial charge >= 0.3 is 5.97 Å². The van der Waals surface area contributed by atoms with E-state index in [0.717, 1.165) is 19.3 Å². The summed E-state index contributed by atoms with van der Waals surface area (Å²) < 4.78 is 5.63. The van der Waals surface area contributed by atoms with E-state index in [9.17, 15) is 4.79 Å². The van der Waals surface area contributed by atoms with E-state index in [0.29, 0.717) is 6.42 Å². The lowest BCUT2D eigenvalue weighted by Gasteiger charge is -2.16. The Labute approximate surface area is 177 Å². The summed E-state index contributed by atoms with van der Waals surface area (Å²) in [6.45, 7) is 6.62. The first kappa shape index (κ1) is 27.5. The lowest BCUT2D eigenvalue weighted by Crippen LogP contribution is -2.17. The number of hydrogen-bond acceptors (Lipinski definition) is 2. The van der Waals surface area contributed by atoms with E-state index in [1.54, 1.807) is 0 Å². The Bertz CT molecular complexity index is 314. The molecule has 0 amide bonds. The van der Waals surface area contributed by atoms with Crippen LogP contribution in [-0.2, 0) is 9.53 Å². The molecule has 168 valence electrons. The Morgan fingerprint density at radius 1 is 0.571 bits per heavy atom. The minimum atomic E-state index is 0.0260. The van der Waals surface area contributed by atoms with Crippen molar-refractivity contribution in [1.29, 1.82) is 0 Å². The van der Waals surface area contributed by atoms with Crippen molar-refractivity contribution >= 4 is 5.97 Å². The largest absolute Gasteiger partial charge is 0.462 e. The lowest BCUT2D eigenvalue weighted by atomic mass is 10.0. The number of esters is 1. The van der Waals surface area contributed by atoms with Gasteiger partial charge in [-0.25, -0.2) is 0 Å². The van der Waals surface area contributed by atoms with Gasteiger partial charge < -0.3 is 4.74 Å². The second-order valence-electron chi connectivity index (χ2n) is 8.72. The number of carbonyl (C=O) groups is 1. The predicted molar refractivity (Wildman–Crippen MR) is 124 cm³/mol. The van der Waals surface area contributed by atoms with E-state index in [-0.39, 0.29) is 12.1 Å². The van der Waals surface area contributed by atoms with Crippen LogP contribution in [0.5, 0.6) is 0 Å². The standard InChI is InChI=1S/C26H52O2/c1-4-7-9-10-11-12-13-14-15-16-17-18-19-20-22-24-26(27)28-25(6-3)23-21-8-5-2/h25H,4-24H2,1-3H3. The van der Waals surface area contributed by atoms with Crippen LogP contribution in [0.2, 0.25) is 0 Å². The number of unbranched alkanes of at least 4 members (excludes halogenated alkanes) is 16. The molecule has 1 unspecified atom stereocenters. The summed E-state index contributed by atoms with van der Waals surface area (Å²) in [5.41, 5.74) is 0. The van der Waals surface area contributed by atoms with Gasteiger partial charge in [0.1, 0.15) is 6.10 Å². The zero-order valence-corrected chi connectivity index (χ0v) is 19.7. The van der Waals surface area contributed by atoms with Gasteiger partial charge in [0.05, 0.1) is 0 Å². The molecule has 0 aliphatic carbocycles. The molecular weight excluding hydrogens is 344 g/mol. The molecule has 0 bridgehead atoms. The van der Waals surface area contributed by atoms with Gasteiger partial charge in [-0.2, -0.15) is 0 Å². The summed E-state index contributed by atoms with van der Waals surface area (Å²) in [6.07, 6.45) is 26.8. The number of ether oxygens (including phenoxy) is 1. The summed E-state index contributed by atoms with van der Waals surface area (Å²) in [6, 6.07) is 0. The highest BCUT2D eigenvalue weighted by Crippen LogP contribution is 2.15. The van der Waals surface area contributed by atoms with Crippen molar-refractivity contribution in [2.24, 2.45) is 0 Å². The molecule has 2 nitrogen and oxygen atoms in total. The molecule has 0 N–H and O–H groups in total. The molecule has 0 aromatic carbocycles. The average molecular weight is 397 g/mol. The summed E-state index contributed by atoms with van der Waals surface area (Å²) in [7, 11) is 0. The van der Waals surface area contributed by atoms with Crippen LogP contribution in [0.4, 0.5) is 0 Å². The summed E-state index contributed by atoms with van der Waals surface area (Å²) in [5.74, 6) is 0.0260. The zero-order valence-electron chi connectivity index (χ0n) is 19.7. The van der Waals surface area contributed by atoms with Gasteiger partial charge in [0, 0.05) is 6.42 Å². The minimum Gasteiger partial charge on any atom is -0.462 e. The van der Waals surface area contributed by atoms with Crippen molar-refractivity contribution in [3.63, 3.8) is 0 Å². The molecule has 0 aliphatic heterocycles. The summed E-state index contributed by atoms with van der Waals surface area (Å²) in [5, 5.41) is 0. The van der Waals surface area contributed by atoms with Crippen LogP contribution in [0.25, 0.3) is 0 Å². The smallest absolute Gasteiger partial charge is 0.306 e. The minimum absolute atomic E-state index is 0.0260. The normalized spacial score (nSPS) is 12.2. The molecular formula is C26H52O2. The third-order valence-electron chi connectivity index (χ3n) is 5.87. The number of rotatable bonds is 22. The maximum absolute atomic E-state index is 12.0. The van der Waals surface area contributed by atoms with Gasteiger partial charge in [0.15, 0.2) is 0 Å². The first-order valence-corrected chi connectivity index (χ1v) is 12.9. The maximum atomic E-state index is 12.0. The molecule has 0 aromatic rings. The fourth-order valence-corrected chi connectivity index (χ4v) is 3.85. The van der Waals surface area contributed by atoms with Crippen molar-refractivity contribution < 1.29 is 9.53 Å². The van der Waals surface area contributed by atoms with Crippen LogP contribution in [0.1, 0.15) is 156 Å². The van der Waals surface area contributed by atoms with Crippen molar-refractivity contribution in [2.75, 3.05) is 0 Å². The predicted octanol–water partition coefficient (Wildman–Crippen LogP) is 9.15. The number of carbonyl (C=O) groups excluding carboxylic acids is 1. The molecule has 0 fully saturated rings. The van der Waals surface area contributed by atoms with Crippen molar-refractivity contribution in [3.05, 3.63) is 0 Å². The topological polar surface area (TPSA) is 26.3 Å². The molecule has 0 aliphatic rings. The molecule has 0 radical (unpaired) electrons. The monoisotopic (exact) mass is 396 g/mol. The van der Waals surface area contributed by atoms with Gasteiger partial charge in [-0.3, -0.25) is 4.79 Å². The van der Waals surface area contributed by atoms with Gasteiger partial charge in [-0.05, 0) is 25.7 Å². The Hall–Kier alpha value is -0.530. The fraction of sp³-hybridized carbons (Fsp3) is 0.962. The van der Waals surface area contributed by atoms with E-state index in [1.165, 1.54) is 109 Å². The van der Waals surface area contributed by atoms with Crippen LogP contribution in [0.3, 0.4) is 0 Å². The zero-order chi connectivity index (χ0) is 20.7. The summed E-state index contributed by atoms with van der Waals surface area (Å²) in [4.78, 5) is 12.0. The quantitative estimate of drug-likeness (QED) is 0.135. The van der Waals surface area contributed by atoms with Gasteiger partial charge in [-0.1, -0.05) is 124 Å². The van der Waals surface area contributed by atoms with E-state index in [4.69, 9.17) is 4.74 Å². The second-order valence-corrected chi connectivity index (χ2v) is 8.72. The van der Waals surface area contributed by atoms with E-state index in [2.05, 4.69) is 20.8 Å². The maximum Gasteiger partial charge on any atom is 0.306 e. The van der Waals surface area contributed by atoms with Gasteiger partial charge in [0.2, 0.25) is 0 Å². The Kier molecular flexibility index (Phi) is 22.3. The van der Waals surface area contributed by atoms with Crippen molar-refractivity contribution in [3.8, 4) is 0 Å². The van der Waals surface area contributed by atoms with Crippen molar-refractivity contribution in [2.45, 2.75) is 162 Å². The SMILES string of the molecule is CCCCCCCCCCCCCCCCCC(=O)OC(CC)CCCCC. The van der Waals surface area contributed by atoms with Crippen LogP contribution in [0.15, 0.2) is 0 Å². The third-order valence-corrected chi connectivity index (χ3v) is 5.87. The molecule has 28 heavy (non-hydrogen) atoms. The van der Waals surface area contributed by atoms with E-state index >= 15 is 0 Å². The Morgan fingerprint density at radius 2 is 0.964 bits per heavy atom. The highest BCUT2D eigenvalue weighted by atomic mass is 16.5. The average Bonchev–Trinajstić information content (AvgIpc) is 2.70. The summed E-state index contributed by atoms with van der Waals surface area (Å²) >= 11 is 0. The lowest BCUT2D eigenvalue weighted by molar-refractivity contribution is -0.149. The molecule has 0 aromatic heterocycles. The molecule has 0 rings (SSSR count). The van der Waals surface area contributed by atoms with Crippen LogP contribution >= 0.6 is 0 Å². The van der Waals surface area contributed by atoms with Crippen LogP contribution in [0, 0.1) is 0 Å². The second kappa shape index (κ2) is 22.8. The Morgan fingerprint density at radius 3 is 1.39 bits per heavy atom. The first-order chi connectivity index (χ1) is 13.7. The fourth-order valence-electron chi connectivity index (χ4n) is 3.85. The van der Waals surface area contributed by atoms with E-state index < -0.39 is 0 Å². The molecule has 0 saturated carbocycles. The third kappa shape index (κ3) is 20.2. The van der Waals surface area contributed by atoms with Crippen molar-refractivity contribution in [1.82, 2.24) is 0 Å². The van der Waals surface area contributed by atoms with Crippen LogP contribution < -0.4 is 0 Å². The molecule has 0 heterocycles. The highest BCUT2D eigenvalue weighted by Gasteiger charge is 2.11. The number of hydrogen-bond donors (Lipinski definition) is 0. The van der Waals surface area contributed by atoms with Crippen LogP contribution in [-0.4, -0.2) is 12.1 Å². The Balaban J connectivity index is 3.30. The van der Waals surface area contributed by atoms with Gasteiger partial charge in [-0.15, -0.1) is 0 Å². The first-order valence-electron chi connectivity index (χ1n) is 12.9. The highest BCUT2D eigenvalue weighted by molar-refractivity contribution is 5.69. The molecule has 1 atom stereocenters. The molecule has 0 spiro atoms. The molecule has 2 heteroatoms.